The summed E-state index contributed by atoms with van der Waals surface area (Å²) in [6.45, 7) is 9.59. The predicted octanol–water partition coefficient (Wildman–Crippen LogP) is 9.14. The van der Waals surface area contributed by atoms with E-state index in [4.69, 9.17) is 20.2 Å². The second-order valence-electron chi connectivity index (χ2n) is 14.3. The number of aliphatic hydroxyl groups excluding tert-OH is 2. The van der Waals surface area contributed by atoms with E-state index in [9.17, 15) is 15.0 Å². The number of thioether (sulfide) groups is 1. The van der Waals surface area contributed by atoms with E-state index in [0.717, 1.165) is 87.0 Å². The summed E-state index contributed by atoms with van der Waals surface area (Å²) in [5.41, 5.74) is 8.81. The highest BCUT2D eigenvalue weighted by molar-refractivity contribution is 7.99. The van der Waals surface area contributed by atoms with Gasteiger partial charge in [0.25, 0.3) is 0 Å². The standard InChI is InChI=1S/C38H52N2O5S2/c1-4-30(42)25-14-16-27(17-15-25)35(26-8-7-9-26)44-31-20-21-32(45-38(43)28-18-12-24(13-19-28)22(2)41)36(34(31)39)46-23(3)37-40-29-10-5-6-11-33(29)47-37/h4,20-21,23-28,35,38,41,43H,1-2,5-19,39H2,3H3. The Morgan fingerprint density at radius 1 is 0.957 bits per heavy atom. The number of allylic oxidation sites excluding steroid dienone is 2. The topological polar surface area (TPSA) is 115 Å². The lowest BCUT2D eigenvalue weighted by Gasteiger charge is -2.41. The van der Waals surface area contributed by atoms with Crippen LogP contribution in [0, 0.1) is 29.6 Å². The monoisotopic (exact) mass is 680 g/mol. The molecule has 0 bridgehead atoms. The molecule has 3 unspecified atom stereocenters. The summed E-state index contributed by atoms with van der Waals surface area (Å²) in [6, 6.07) is 3.83. The summed E-state index contributed by atoms with van der Waals surface area (Å²) in [4.78, 5) is 19.5. The number of nitrogens with two attached hydrogens (primary N) is 1. The van der Waals surface area contributed by atoms with E-state index < -0.39 is 6.29 Å². The first-order valence-corrected chi connectivity index (χ1v) is 19.5. The van der Waals surface area contributed by atoms with Crippen LogP contribution in [0.25, 0.3) is 0 Å². The number of aryl methyl sites for hydroxylation is 2. The van der Waals surface area contributed by atoms with Gasteiger partial charge in [0, 0.05) is 22.6 Å². The van der Waals surface area contributed by atoms with Crippen molar-refractivity contribution in [3.63, 3.8) is 0 Å². The van der Waals surface area contributed by atoms with Crippen LogP contribution in [0.15, 0.2) is 42.0 Å². The third-order valence-electron chi connectivity index (χ3n) is 11.2. The van der Waals surface area contributed by atoms with Crippen molar-refractivity contribution in [3.05, 3.63) is 52.7 Å². The van der Waals surface area contributed by atoms with Crippen molar-refractivity contribution in [2.75, 3.05) is 5.73 Å². The van der Waals surface area contributed by atoms with Crippen LogP contribution < -0.4 is 15.2 Å². The molecule has 9 heteroatoms. The Labute approximate surface area is 288 Å². The quantitative estimate of drug-likeness (QED) is 0.0631. The Kier molecular flexibility index (Phi) is 11.2. The number of aromatic nitrogens is 1. The zero-order valence-corrected chi connectivity index (χ0v) is 29.5. The van der Waals surface area contributed by atoms with Crippen molar-refractivity contribution < 1.29 is 24.5 Å². The molecule has 4 aliphatic carbocycles. The number of rotatable bonds is 13. The maximum Gasteiger partial charge on any atom is 0.200 e. The van der Waals surface area contributed by atoms with E-state index in [0.29, 0.717) is 29.0 Å². The van der Waals surface area contributed by atoms with E-state index in [-0.39, 0.29) is 40.7 Å². The van der Waals surface area contributed by atoms with Gasteiger partial charge in [-0.15, -0.1) is 23.1 Å². The summed E-state index contributed by atoms with van der Waals surface area (Å²) in [5.74, 6) is 2.64. The predicted molar refractivity (Wildman–Crippen MR) is 190 cm³/mol. The second-order valence-corrected chi connectivity index (χ2v) is 16.8. The molecule has 0 spiro atoms. The third kappa shape index (κ3) is 7.88. The molecule has 4 aliphatic rings. The van der Waals surface area contributed by atoms with Gasteiger partial charge in [-0.3, -0.25) is 4.79 Å². The van der Waals surface area contributed by atoms with Crippen LogP contribution in [0.2, 0.25) is 0 Å². The number of thiazole rings is 1. The van der Waals surface area contributed by atoms with Crippen LogP contribution >= 0.6 is 23.1 Å². The minimum Gasteiger partial charge on any atom is -0.513 e. The molecule has 0 amide bonds. The summed E-state index contributed by atoms with van der Waals surface area (Å²) < 4.78 is 13.2. The SMILES string of the molecule is C=CC(=O)C1CCC(C(Oc2ccc(OC(O)C3CCC(C(=C)O)CC3)c(SC(C)c3nc4c(s3)CCCC4)c2N)C2CCC2)CC1. The lowest BCUT2D eigenvalue weighted by Crippen LogP contribution is -2.40. The van der Waals surface area contributed by atoms with Gasteiger partial charge in [0.15, 0.2) is 12.1 Å². The molecule has 3 fully saturated rings. The average molecular weight is 681 g/mol. The molecule has 7 nitrogen and oxygen atoms in total. The van der Waals surface area contributed by atoms with Gasteiger partial charge in [-0.2, -0.15) is 0 Å². The Bertz CT molecular complexity index is 1400. The number of nitrogen functional groups attached to an aromatic ring is 1. The molecule has 0 saturated heterocycles. The molecular weight excluding hydrogens is 629 g/mol. The number of anilines is 1. The Morgan fingerprint density at radius 2 is 1.60 bits per heavy atom. The highest BCUT2D eigenvalue weighted by Gasteiger charge is 2.39. The van der Waals surface area contributed by atoms with Crippen molar-refractivity contribution in [1.82, 2.24) is 4.98 Å². The lowest BCUT2D eigenvalue weighted by molar-refractivity contribution is -0.119. The van der Waals surface area contributed by atoms with E-state index in [1.165, 1.54) is 35.9 Å². The molecule has 256 valence electrons. The number of ether oxygens (including phenoxy) is 2. The Morgan fingerprint density at radius 3 is 2.23 bits per heavy atom. The summed E-state index contributed by atoms with van der Waals surface area (Å²) in [7, 11) is 0. The largest absolute Gasteiger partial charge is 0.513 e. The van der Waals surface area contributed by atoms with Crippen molar-refractivity contribution in [3.8, 4) is 11.5 Å². The number of hydrogen-bond acceptors (Lipinski definition) is 9. The molecule has 6 rings (SSSR count). The molecule has 1 aromatic carbocycles. The maximum absolute atomic E-state index is 12.3. The summed E-state index contributed by atoms with van der Waals surface area (Å²) in [6.07, 6.45) is 15.5. The molecule has 2 aromatic rings. The highest BCUT2D eigenvalue weighted by atomic mass is 32.2. The molecule has 4 N–H and O–H groups in total. The number of aliphatic hydroxyl groups is 2. The minimum atomic E-state index is -0.980. The van der Waals surface area contributed by atoms with Crippen LogP contribution in [0.4, 0.5) is 5.69 Å². The second kappa shape index (κ2) is 15.4. The van der Waals surface area contributed by atoms with Crippen molar-refractivity contribution in [2.24, 2.45) is 29.6 Å². The lowest BCUT2D eigenvalue weighted by atomic mass is 9.70. The fourth-order valence-electron chi connectivity index (χ4n) is 8.01. The minimum absolute atomic E-state index is 0.0326. The fraction of sp³-hybridized carbons (Fsp3) is 0.632. The van der Waals surface area contributed by atoms with Crippen LogP contribution in [0.5, 0.6) is 11.5 Å². The van der Waals surface area contributed by atoms with E-state index in [2.05, 4.69) is 20.1 Å². The van der Waals surface area contributed by atoms with Gasteiger partial charge < -0.3 is 25.4 Å². The average Bonchev–Trinajstić information content (AvgIpc) is 3.51. The zero-order valence-electron chi connectivity index (χ0n) is 27.8. The normalized spacial score (nSPS) is 26.7. The number of carbonyl (C=O) groups excluding carboxylic acids is 1. The number of benzene rings is 1. The molecular formula is C38H52N2O5S2. The summed E-state index contributed by atoms with van der Waals surface area (Å²) >= 11 is 3.45. The van der Waals surface area contributed by atoms with Crippen LogP contribution in [-0.2, 0) is 17.6 Å². The van der Waals surface area contributed by atoms with Crippen LogP contribution in [0.3, 0.4) is 0 Å². The van der Waals surface area contributed by atoms with E-state index in [1.807, 2.05) is 23.5 Å². The first-order valence-electron chi connectivity index (χ1n) is 17.8. The number of carbonyl (C=O) groups is 1. The van der Waals surface area contributed by atoms with E-state index in [1.54, 1.807) is 11.8 Å². The van der Waals surface area contributed by atoms with Gasteiger partial charge >= 0.3 is 0 Å². The third-order valence-corrected chi connectivity index (χ3v) is 14.0. The molecule has 1 heterocycles. The van der Waals surface area contributed by atoms with Gasteiger partial charge in [0.05, 0.1) is 27.3 Å². The van der Waals surface area contributed by atoms with Crippen LogP contribution in [0.1, 0.15) is 111 Å². The van der Waals surface area contributed by atoms with Gasteiger partial charge in [-0.25, -0.2) is 4.98 Å². The number of ketones is 1. The molecule has 47 heavy (non-hydrogen) atoms. The van der Waals surface area contributed by atoms with Gasteiger partial charge in [0.2, 0.25) is 0 Å². The molecule has 3 saturated carbocycles. The summed E-state index contributed by atoms with van der Waals surface area (Å²) in [5, 5.41) is 22.3. The van der Waals surface area contributed by atoms with E-state index >= 15 is 0 Å². The van der Waals surface area contributed by atoms with Gasteiger partial charge in [-0.05, 0) is 127 Å². The smallest absolute Gasteiger partial charge is 0.200 e. The first kappa shape index (κ1) is 34.4. The van der Waals surface area contributed by atoms with Crippen molar-refractivity contribution >= 4 is 34.6 Å². The van der Waals surface area contributed by atoms with Gasteiger partial charge in [-0.1, -0.05) is 19.6 Å². The van der Waals surface area contributed by atoms with Crippen molar-refractivity contribution in [1.29, 1.82) is 0 Å². The molecule has 3 atom stereocenters. The van der Waals surface area contributed by atoms with Gasteiger partial charge in [0.1, 0.15) is 22.6 Å². The number of nitrogens with zero attached hydrogens (tertiary/aromatic N) is 1. The highest BCUT2D eigenvalue weighted by Crippen LogP contribution is 2.50. The van der Waals surface area contributed by atoms with Crippen molar-refractivity contribution in [2.45, 2.75) is 126 Å². The number of hydrogen-bond donors (Lipinski definition) is 3. The Hall–Kier alpha value is -2.49. The molecule has 0 radical (unpaired) electrons. The van der Waals surface area contributed by atoms with Crippen LogP contribution in [-0.4, -0.2) is 33.4 Å². The fourth-order valence-corrected chi connectivity index (χ4v) is 10.3. The Balaban J connectivity index is 1.24. The maximum atomic E-state index is 12.3. The zero-order chi connectivity index (χ0) is 33.1. The first-order chi connectivity index (χ1) is 22.7. The molecule has 1 aromatic heterocycles. The number of fused-ring (bicyclic) bond motifs is 1. The molecule has 0 aliphatic heterocycles.